The van der Waals surface area contributed by atoms with E-state index in [9.17, 15) is 9.50 Å². The topological polar surface area (TPSA) is 20.2 Å². The molecular weight excluding hydrogens is 251 g/mol. The third kappa shape index (κ3) is 2.40. The molecule has 2 aromatic rings. The molecule has 0 heterocycles. The van der Waals surface area contributed by atoms with Crippen LogP contribution >= 0.6 is 11.6 Å². The first kappa shape index (κ1) is 13.1. The second kappa shape index (κ2) is 5.09. The van der Waals surface area contributed by atoms with E-state index in [2.05, 4.69) is 0 Å². The minimum atomic E-state index is -0.909. The van der Waals surface area contributed by atoms with Gasteiger partial charge in [0, 0.05) is 10.6 Å². The fourth-order valence-corrected chi connectivity index (χ4v) is 2.18. The normalized spacial score (nSPS) is 12.5. The van der Waals surface area contributed by atoms with E-state index in [-0.39, 0.29) is 0 Å². The smallest absolute Gasteiger partial charge is 0.123 e. The molecular formula is C15H14ClFO. The number of rotatable bonds is 2. The largest absolute Gasteiger partial charge is 0.384 e. The molecule has 3 heteroatoms. The van der Waals surface area contributed by atoms with Gasteiger partial charge in [0.05, 0.1) is 0 Å². The van der Waals surface area contributed by atoms with Crippen molar-refractivity contribution in [2.75, 3.05) is 0 Å². The van der Waals surface area contributed by atoms with E-state index >= 15 is 0 Å². The van der Waals surface area contributed by atoms with E-state index in [0.29, 0.717) is 10.6 Å². The molecule has 0 saturated carbocycles. The molecule has 0 aliphatic heterocycles. The number of aryl methyl sites for hydroxylation is 1. The monoisotopic (exact) mass is 264 g/mol. The number of aliphatic hydroxyl groups is 1. The molecule has 0 aliphatic carbocycles. The SMILES string of the molecule is Cc1cccc(C(O)c2cc(F)ccc2Cl)c1C. The van der Waals surface area contributed by atoms with Gasteiger partial charge in [0.15, 0.2) is 0 Å². The highest BCUT2D eigenvalue weighted by Crippen LogP contribution is 2.31. The summed E-state index contributed by atoms with van der Waals surface area (Å²) in [5.74, 6) is -0.404. The van der Waals surface area contributed by atoms with Crippen molar-refractivity contribution in [3.05, 3.63) is 69.5 Å². The number of benzene rings is 2. The molecule has 0 aliphatic rings. The van der Waals surface area contributed by atoms with Gasteiger partial charge in [-0.05, 0) is 48.7 Å². The van der Waals surface area contributed by atoms with Gasteiger partial charge in [0.2, 0.25) is 0 Å². The second-order valence-electron chi connectivity index (χ2n) is 4.36. The van der Waals surface area contributed by atoms with E-state index in [1.165, 1.54) is 18.2 Å². The van der Waals surface area contributed by atoms with E-state index in [4.69, 9.17) is 11.6 Å². The average Bonchev–Trinajstić information content (AvgIpc) is 2.35. The van der Waals surface area contributed by atoms with E-state index < -0.39 is 11.9 Å². The highest BCUT2D eigenvalue weighted by Gasteiger charge is 2.17. The zero-order chi connectivity index (χ0) is 13.3. The van der Waals surface area contributed by atoms with Crippen LogP contribution in [0.1, 0.15) is 28.4 Å². The van der Waals surface area contributed by atoms with Crippen LogP contribution in [-0.4, -0.2) is 5.11 Å². The Balaban J connectivity index is 2.51. The van der Waals surface area contributed by atoms with Crippen molar-refractivity contribution in [1.82, 2.24) is 0 Å². The first-order chi connectivity index (χ1) is 8.50. The molecule has 0 amide bonds. The zero-order valence-corrected chi connectivity index (χ0v) is 11.0. The first-order valence-corrected chi connectivity index (χ1v) is 6.07. The van der Waals surface area contributed by atoms with Gasteiger partial charge < -0.3 is 5.11 Å². The maximum atomic E-state index is 13.2. The van der Waals surface area contributed by atoms with Crippen LogP contribution in [0.3, 0.4) is 0 Å². The maximum absolute atomic E-state index is 13.2. The Kier molecular flexibility index (Phi) is 3.69. The van der Waals surface area contributed by atoms with Crippen LogP contribution in [0.5, 0.6) is 0 Å². The molecule has 0 radical (unpaired) electrons. The summed E-state index contributed by atoms with van der Waals surface area (Å²) >= 11 is 6.01. The molecule has 0 spiro atoms. The Morgan fingerprint density at radius 2 is 1.83 bits per heavy atom. The molecule has 94 valence electrons. The van der Waals surface area contributed by atoms with Gasteiger partial charge in [-0.25, -0.2) is 4.39 Å². The van der Waals surface area contributed by atoms with Crippen LogP contribution in [0.4, 0.5) is 4.39 Å². The molecule has 1 unspecified atom stereocenters. The van der Waals surface area contributed by atoms with Crippen molar-refractivity contribution in [1.29, 1.82) is 0 Å². The van der Waals surface area contributed by atoms with Gasteiger partial charge in [-0.15, -0.1) is 0 Å². The van der Waals surface area contributed by atoms with Crippen LogP contribution in [-0.2, 0) is 0 Å². The molecule has 1 atom stereocenters. The third-order valence-corrected chi connectivity index (χ3v) is 3.54. The van der Waals surface area contributed by atoms with Crippen LogP contribution < -0.4 is 0 Å². The average molecular weight is 265 g/mol. The fraction of sp³-hybridized carbons (Fsp3) is 0.200. The number of hydrogen-bond donors (Lipinski definition) is 1. The summed E-state index contributed by atoms with van der Waals surface area (Å²) in [4.78, 5) is 0. The summed E-state index contributed by atoms with van der Waals surface area (Å²) in [7, 11) is 0. The van der Waals surface area contributed by atoms with E-state index in [0.717, 1.165) is 16.7 Å². The van der Waals surface area contributed by atoms with Gasteiger partial charge in [-0.3, -0.25) is 0 Å². The van der Waals surface area contributed by atoms with Crippen molar-refractivity contribution < 1.29 is 9.50 Å². The summed E-state index contributed by atoms with van der Waals surface area (Å²) in [6.07, 6.45) is -0.909. The van der Waals surface area contributed by atoms with Crippen LogP contribution in [0.15, 0.2) is 36.4 Å². The van der Waals surface area contributed by atoms with Gasteiger partial charge in [-0.2, -0.15) is 0 Å². The fourth-order valence-electron chi connectivity index (χ4n) is 1.96. The minimum Gasteiger partial charge on any atom is -0.384 e. The molecule has 18 heavy (non-hydrogen) atoms. The number of aliphatic hydroxyl groups excluding tert-OH is 1. The van der Waals surface area contributed by atoms with Crippen LogP contribution in [0.2, 0.25) is 5.02 Å². The molecule has 0 aromatic heterocycles. The Morgan fingerprint density at radius 1 is 1.11 bits per heavy atom. The lowest BCUT2D eigenvalue weighted by atomic mass is 9.95. The van der Waals surface area contributed by atoms with Gasteiger partial charge >= 0.3 is 0 Å². The predicted octanol–water partition coefficient (Wildman–Crippen LogP) is 4.18. The van der Waals surface area contributed by atoms with Crippen molar-refractivity contribution in [2.24, 2.45) is 0 Å². The highest BCUT2D eigenvalue weighted by atomic mass is 35.5. The van der Waals surface area contributed by atoms with Crippen molar-refractivity contribution in [3.63, 3.8) is 0 Å². The molecule has 2 aromatic carbocycles. The quantitative estimate of drug-likeness (QED) is 0.863. The Morgan fingerprint density at radius 3 is 2.56 bits per heavy atom. The maximum Gasteiger partial charge on any atom is 0.123 e. The second-order valence-corrected chi connectivity index (χ2v) is 4.76. The van der Waals surface area contributed by atoms with Gasteiger partial charge in [0.1, 0.15) is 11.9 Å². The highest BCUT2D eigenvalue weighted by molar-refractivity contribution is 6.31. The zero-order valence-electron chi connectivity index (χ0n) is 10.2. The lowest BCUT2D eigenvalue weighted by Crippen LogP contribution is -2.04. The van der Waals surface area contributed by atoms with Crippen molar-refractivity contribution in [2.45, 2.75) is 20.0 Å². The number of halogens is 2. The first-order valence-electron chi connectivity index (χ1n) is 5.70. The summed E-state index contributed by atoms with van der Waals surface area (Å²) in [6, 6.07) is 9.68. The molecule has 2 rings (SSSR count). The number of hydrogen-bond acceptors (Lipinski definition) is 1. The lowest BCUT2D eigenvalue weighted by Gasteiger charge is -2.17. The lowest BCUT2D eigenvalue weighted by molar-refractivity contribution is 0.219. The Hall–Kier alpha value is -1.38. The summed E-state index contributed by atoms with van der Waals surface area (Å²) < 4.78 is 13.2. The van der Waals surface area contributed by atoms with E-state index in [1.807, 2.05) is 32.0 Å². The van der Waals surface area contributed by atoms with Crippen LogP contribution in [0, 0.1) is 19.7 Å². The Bertz CT molecular complexity index is 579. The molecule has 0 bridgehead atoms. The van der Waals surface area contributed by atoms with Gasteiger partial charge in [-0.1, -0.05) is 29.8 Å². The standard InChI is InChI=1S/C15H14ClFO/c1-9-4-3-5-12(10(9)2)15(18)13-8-11(17)6-7-14(13)16/h3-8,15,18H,1-2H3. The Labute approximate surface area is 111 Å². The molecule has 0 saturated heterocycles. The third-order valence-electron chi connectivity index (χ3n) is 3.19. The molecule has 1 N–H and O–H groups in total. The van der Waals surface area contributed by atoms with Crippen LogP contribution in [0.25, 0.3) is 0 Å². The van der Waals surface area contributed by atoms with E-state index in [1.54, 1.807) is 0 Å². The predicted molar refractivity (Wildman–Crippen MR) is 71.4 cm³/mol. The molecule has 1 nitrogen and oxygen atoms in total. The minimum absolute atomic E-state index is 0.366. The van der Waals surface area contributed by atoms with Gasteiger partial charge in [0.25, 0.3) is 0 Å². The summed E-state index contributed by atoms with van der Waals surface area (Å²) in [6.45, 7) is 3.90. The van der Waals surface area contributed by atoms with Crippen molar-refractivity contribution >= 4 is 11.6 Å². The van der Waals surface area contributed by atoms with Crippen molar-refractivity contribution in [3.8, 4) is 0 Å². The molecule has 0 fully saturated rings. The summed E-state index contributed by atoms with van der Waals surface area (Å²) in [5, 5.41) is 10.7. The summed E-state index contributed by atoms with van der Waals surface area (Å²) in [5.41, 5.74) is 3.22.